The Hall–Kier alpha value is -2.58. The Labute approximate surface area is 143 Å². The quantitative estimate of drug-likeness (QED) is 0.707. The maximum absolute atomic E-state index is 5.85. The summed E-state index contributed by atoms with van der Waals surface area (Å²) in [5.74, 6) is 0.885. The molecule has 24 heavy (non-hydrogen) atoms. The molecular formula is C22H23NO. The Bertz CT molecular complexity index is 746. The molecule has 2 heteroatoms. The van der Waals surface area contributed by atoms with Crippen molar-refractivity contribution in [1.29, 1.82) is 0 Å². The number of nitrogens with two attached hydrogens (primary N) is 1. The lowest BCUT2D eigenvalue weighted by Gasteiger charge is -2.09. The fraction of sp³-hybridized carbons (Fsp3) is 0.182. The summed E-state index contributed by atoms with van der Waals surface area (Å²) in [7, 11) is 0. The van der Waals surface area contributed by atoms with Gasteiger partial charge in [-0.15, -0.1) is 0 Å². The van der Waals surface area contributed by atoms with E-state index in [9.17, 15) is 0 Å². The van der Waals surface area contributed by atoms with Crippen LogP contribution in [0, 0.1) is 0 Å². The van der Waals surface area contributed by atoms with Gasteiger partial charge in [-0.25, -0.2) is 0 Å². The van der Waals surface area contributed by atoms with E-state index in [0.29, 0.717) is 6.61 Å². The molecular weight excluding hydrogens is 294 g/mol. The predicted octanol–water partition coefficient (Wildman–Crippen LogP) is 4.82. The molecule has 0 aliphatic carbocycles. The lowest BCUT2D eigenvalue weighted by atomic mass is 10.0. The molecule has 0 fully saturated rings. The van der Waals surface area contributed by atoms with E-state index in [4.69, 9.17) is 10.5 Å². The van der Waals surface area contributed by atoms with Gasteiger partial charge in [-0.1, -0.05) is 66.7 Å². The molecule has 1 atom stereocenters. The van der Waals surface area contributed by atoms with Crippen molar-refractivity contribution in [3.8, 4) is 16.9 Å². The Morgan fingerprint density at radius 2 is 1.33 bits per heavy atom. The van der Waals surface area contributed by atoms with Crippen LogP contribution in [0.15, 0.2) is 78.9 Å². The van der Waals surface area contributed by atoms with E-state index in [-0.39, 0.29) is 6.04 Å². The zero-order chi connectivity index (χ0) is 16.8. The number of hydrogen-bond acceptors (Lipinski definition) is 2. The summed E-state index contributed by atoms with van der Waals surface area (Å²) in [4.78, 5) is 0. The van der Waals surface area contributed by atoms with Crippen molar-refractivity contribution >= 4 is 0 Å². The summed E-state index contributed by atoms with van der Waals surface area (Å²) in [6.07, 6.45) is 0.909. The molecule has 0 saturated heterocycles. The molecule has 3 rings (SSSR count). The van der Waals surface area contributed by atoms with E-state index in [1.807, 2.05) is 37.3 Å². The Morgan fingerprint density at radius 1 is 0.750 bits per heavy atom. The second-order valence-electron chi connectivity index (χ2n) is 6.18. The van der Waals surface area contributed by atoms with Crippen molar-refractivity contribution in [3.05, 3.63) is 90.0 Å². The van der Waals surface area contributed by atoms with E-state index in [2.05, 4.69) is 48.5 Å². The van der Waals surface area contributed by atoms with Gasteiger partial charge < -0.3 is 10.5 Å². The van der Waals surface area contributed by atoms with Gasteiger partial charge >= 0.3 is 0 Å². The number of hydrogen-bond donors (Lipinski definition) is 1. The Balaban J connectivity index is 1.63. The van der Waals surface area contributed by atoms with Crippen LogP contribution in [0.4, 0.5) is 0 Å². The normalized spacial score (nSPS) is 11.9. The maximum Gasteiger partial charge on any atom is 0.119 e. The minimum Gasteiger partial charge on any atom is -0.489 e. The third-order valence-electron chi connectivity index (χ3n) is 3.95. The largest absolute Gasteiger partial charge is 0.489 e. The standard InChI is InChI=1S/C22H23NO/c1-17(23)15-18-7-9-20(10-8-18)21-11-13-22(14-12-21)24-16-19-5-3-2-4-6-19/h2-14,17H,15-16,23H2,1H3. The van der Waals surface area contributed by atoms with Gasteiger partial charge in [0.05, 0.1) is 0 Å². The molecule has 0 aliphatic heterocycles. The third-order valence-corrected chi connectivity index (χ3v) is 3.95. The molecule has 3 aromatic rings. The molecule has 122 valence electrons. The zero-order valence-electron chi connectivity index (χ0n) is 14.0. The van der Waals surface area contributed by atoms with Crippen LogP contribution in [-0.4, -0.2) is 6.04 Å². The maximum atomic E-state index is 5.85. The predicted molar refractivity (Wildman–Crippen MR) is 100 cm³/mol. The van der Waals surface area contributed by atoms with Crippen molar-refractivity contribution in [2.24, 2.45) is 5.73 Å². The van der Waals surface area contributed by atoms with Gasteiger partial charge in [0.15, 0.2) is 0 Å². The molecule has 2 N–H and O–H groups in total. The van der Waals surface area contributed by atoms with Gasteiger partial charge in [0.25, 0.3) is 0 Å². The average molecular weight is 317 g/mol. The highest BCUT2D eigenvalue weighted by Gasteiger charge is 2.02. The minimum absolute atomic E-state index is 0.192. The van der Waals surface area contributed by atoms with Crippen LogP contribution in [-0.2, 0) is 13.0 Å². The van der Waals surface area contributed by atoms with Crippen LogP contribution in [0.25, 0.3) is 11.1 Å². The van der Waals surface area contributed by atoms with Gasteiger partial charge in [-0.2, -0.15) is 0 Å². The van der Waals surface area contributed by atoms with E-state index in [1.54, 1.807) is 0 Å². The molecule has 0 bridgehead atoms. The van der Waals surface area contributed by atoms with Gasteiger partial charge in [-0.05, 0) is 47.7 Å². The topological polar surface area (TPSA) is 35.2 Å². The molecule has 0 aliphatic rings. The molecule has 0 heterocycles. The van der Waals surface area contributed by atoms with E-state index >= 15 is 0 Å². The first-order valence-corrected chi connectivity index (χ1v) is 8.32. The van der Waals surface area contributed by atoms with Crippen molar-refractivity contribution in [1.82, 2.24) is 0 Å². The minimum atomic E-state index is 0.192. The first-order chi connectivity index (χ1) is 11.7. The zero-order valence-corrected chi connectivity index (χ0v) is 14.0. The van der Waals surface area contributed by atoms with Crippen LogP contribution in [0.5, 0.6) is 5.75 Å². The van der Waals surface area contributed by atoms with Crippen molar-refractivity contribution in [2.45, 2.75) is 26.0 Å². The summed E-state index contributed by atoms with van der Waals surface area (Å²) in [6.45, 7) is 2.62. The SMILES string of the molecule is CC(N)Cc1ccc(-c2ccc(OCc3ccccc3)cc2)cc1. The van der Waals surface area contributed by atoms with Crippen LogP contribution < -0.4 is 10.5 Å². The summed E-state index contributed by atoms with van der Waals surface area (Å²) >= 11 is 0. The Morgan fingerprint density at radius 3 is 1.92 bits per heavy atom. The number of ether oxygens (including phenoxy) is 1. The smallest absolute Gasteiger partial charge is 0.119 e. The summed E-state index contributed by atoms with van der Waals surface area (Å²) in [5.41, 5.74) is 10.7. The fourth-order valence-corrected chi connectivity index (χ4v) is 2.69. The van der Waals surface area contributed by atoms with Gasteiger partial charge in [-0.3, -0.25) is 0 Å². The van der Waals surface area contributed by atoms with Crippen LogP contribution >= 0.6 is 0 Å². The van der Waals surface area contributed by atoms with E-state index in [1.165, 1.54) is 22.3 Å². The number of benzene rings is 3. The second-order valence-corrected chi connectivity index (χ2v) is 6.18. The molecule has 2 nitrogen and oxygen atoms in total. The van der Waals surface area contributed by atoms with Gasteiger partial charge in [0, 0.05) is 6.04 Å². The molecule has 0 radical (unpaired) electrons. The molecule has 0 aromatic heterocycles. The van der Waals surface area contributed by atoms with Crippen LogP contribution in [0.2, 0.25) is 0 Å². The lowest BCUT2D eigenvalue weighted by Crippen LogP contribution is -2.17. The van der Waals surface area contributed by atoms with Crippen LogP contribution in [0.1, 0.15) is 18.1 Å². The lowest BCUT2D eigenvalue weighted by molar-refractivity contribution is 0.306. The second kappa shape index (κ2) is 7.80. The highest BCUT2D eigenvalue weighted by molar-refractivity contribution is 5.64. The molecule has 0 saturated carbocycles. The molecule has 3 aromatic carbocycles. The molecule has 0 amide bonds. The van der Waals surface area contributed by atoms with E-state index < -0.39 is 0 Å². The van der Waals surface area contributed by atoms with Crippen molar-refractivity contribution < 1.29 is 4.74 Å². The van der Waals surface area contributed by atoms with Crippen molar-refractivity contribution in [3.63, 3.8) is 0 Å². The average Bonchev–Trinajstić information content (AvgIpc) is 2.62. The highest BCUT2D eigenvalue weighted by atomic mass is 16.5. The highest BCUT2D eigenvalue weighted by Crippen LogP contribution is 2.23. The summed E-state index contributed by atoms with van der Waals surface area (Å²) in [5, 5.41) is 0. The number of rotatable bonds is 6. The monoisotopic (exact) mass is 317 g/mol. The first-order valence-electron chi connectivity index (χ1n) is 8.32. The van der Waals surface area contributed by atoms with Gasteiger partial charge in [0.1, 0.15) is 12.4 Å². The fourth-order valence-electron chi connectivity index (χ4n) is 2.69. The molecule has 0 spiro atoms. The Kier molecular flexibility index (Phi) is 5.29. The summed E-state index contributed by atoms with van der Waals surface area (Å²) in [6, 6.07) is 27.2. The van der Waals surface area contributed by atoms with Crippen molar-refractivity contribution in [2.75, 3.05) is 0 Å². The van der Waals surface area contributed by atoms with Crippen LogP contribution in [0.3, 0.4) is 0 Å². The third kappa shape index (κ3) is 4.46. The van der Waals surface area contributed by atoms with E-state index in [0.717, 1.165) is 12.2 Å². The summed E-state index contributed by atoms with van der Waals surface area (Å²) < 4.78 is 5.83. The molecule has 1 unspecified atom stereocenters. The first kappa shape index (κ1) is 16.3. The van der Waals surface area contributed by atoms with Gasteiger partial charge in [0.2, 0.25) is 0 Å².